The minimum atomic E-state index is -0.872. The lowest BCUT2D eigenvalue weighted by Gasteiger charge is -2.26. The third-order valence-electron chi connectivity index (χ3n) is 3.42. The first-order valence-electron chi connectivity index (χ1n) is 7.36. The van der Waals surface area contributed by atoms with Crippen LogP contribution in [0.3, 0.4) is 0 Å². The first kappa shape index (κ1) is 17.7. The maximum Gasteiger partial charge on any atom is 0.223 e. The Hall–Kier alpha value is -2.16. The van der Waals surface area contributed by atoms with Crippen molar-refractivity contribution in [2.75, 3.05) is 4.90 Å². The summed E-state index contributed by atoms with van der Waals surface area (Å²) in [4.78, 5) is 13.7. The number of anilines is 2. The van der Waals surface area contributed by atoms with Gasteiger partial charge < -0.3 is 5.11 Å². The molecule has 0 saturated heterocycles. The van der Waals surface area contributed by atoms with Crippen molar-refractivity contribution in [3.63, 3.8) is 0 Å². The molecule has 0 bridgehead atoms. The van der Waals surface area contributed by atoms with Crippen LogP contribution in [-0.2, 0) is 0 Å². The molecule has 1 atom stereocenters. The van der Waals surface area contributed by atoms with Crippen molar-refractivity contribution >= 4 is 33.8 Å². The van der Waals surface area contributed by atoms with Gasteiger partial charge in [-0.3, -0.25) is 4.90 Å². The molecule has 9 heteroatoms. The zero-order chi connectivity index (χ0) is 18.0. The molecule has 3 rings (SSSR count). The van der Waals surface area contributed by atoms with E-state index in [1.807, 2.05) is 0 Å². The Bertz CT molecular complexity index is 875. The minimum Gasteiger partial charge on any atom is -0.373 e. The van der Waals surface area contributed by atoms with E-state index < -0.39 is 12.0 Å². The Kier molecular flexibility index (Phi) is 5.22. The monoisotopic (exact) mass is 382 g/mol. The lowest BCUT2D eigenvalue weighted by molar-refractivity contribution is 0.176. The van der Waals surface area contributed by atoms with E-state index in [1.54, 1.807) is 11.8 Å². The zero-order valence-corrected chi connectivity index (χ0v) is 14.6. The van der Waals surface area contributed by atoms with Crippen LogP contribution in [0.2, 0.25) is 5.28 Å². The number of benzene rings is 1. The molecule has 0 aliphatic rings. The number of nitrogens with zero attached hydrogens (tertiary/aromatic N) is 4. The maximum absolute atomic E-state index is 13.9. The van der Waals surface area contributed by atoms with Crippen molar-refractivity contribution in [2.24, 2.45) is 0 Å². The SMILES string of the molecule is CCC(O)N(c1ccc(F)cc1)c1ncc(-c2nc(Cl)ncc2F)s1. The van der Waals surface area contributed by atoms with E-state index in [2.05, 4.69) is 15.0 Å². The predicted molar refractivity (Wildman–Crippen MR) is 92.9 cm³/mol. The van der Waals surface area contributed by atoms with E-state index in [-0.39, 0.29) is 16.8 Å². The van der Waals surface area contributed by atoms with Crippen LogP contribution in [0.15, 0.2) is 36.7 Å². The molecule has 2 aromatic heterocycles. The second kappa shape index (κ2) is 7.38. The molecule has 3 aromatic rings. The second-order valence-corrected chi connectivity index (χ2v) is 6.43. The van der Waals surface area contributed by atoms with Gasteiger partial charge in [-0.15, -0.1) is 0 Å². The Labute approximate surface area is 151 Å². The van der Waals surface area contributed by atoms with E-state index in [9.17, 15) is 13.9 Å². The van der Waals surface area contributed by atoms with Gasteiger partial charge in [-0.05, 0) is 42.3 Å². The van der Waals surface area contributed by atoms with E-state index in [1.165, 1.54) is 30.5 Å². The fourth-order valence-electron chi connectivity index (χ4n) is 2.20. The molecule has 0 amide bonds. The largest absolute Gasteiger partial charge is 0.373 e. The van der Waals surface area contributed by atoms with Crippen molar-refractivity contribution in [1.29, 1.82) is 0 Å². The van der Waals surface area contributed by atoms with E-state index >= 15 is 0 Å². The van der Waals surface area contributed by atoms with Gasteiger partial charge in [-0.25, -0.2) is 23.7 Å². The highest BCUT2D eigenvalue weighted by atomic mass is 35.5. The predicted octanol–water partition coefficient (Wildman–Crippen LogP) is 4.40. The Balaban J connectivity index is 2.02. The molecule has 0 spiro atoms. The van der Waals surface area contributed by atoms with Gasteiger partial charge in [-0.2, -0.15) is 0 Å². The number of aliphatic hydroxyl groups is 1. The first-order valence-corrected chi connectivity index (χ1v) is 8.56. The topological polar surface area (TPSA) is 62.1 Å². The van der Waals surface area contributed by atoms with Gasteiger partial charge >= 0.3 is 0 Å². The highest BCUT2D eigenvalue weighted by molar-refractivity contribution is 7.19. The summed E-state index contributed by atoms with van der Waals surface area (Å²) in [6.07, 6.45) is 1.98. The standard InChI is InChI=1S/C16H13ClF2N4OS/c1-2-13(24)23(10-5-3-9(18)4-6-10)16-21-8-12(25-16)14-11(19)7-20-15(17)22-14/h3-8,13,24H,2H2,1H3. The van der Waals surface area contributed by atoms with Crippen LogP contribution in [0.5, 0.6) is 0 Å². The van der Waals surface area contributed by atoms with Gasteiger partial charge in [-0.1, -0.05) is 18.3 Å². The van der Waals surface area contributed by atoms with Gasteiger partial charge in [0.1, 0.15) is 17.7 Å². The molecule has 130 valence electrons. The Morgan fingerprint density at radius 2 is 1.92 bits per heavy atom. The zero-order valence-electron chi connectivity index (χ0n) is 13.0. The smallest absolute Gasteiger partial charge is 0.223 e. The van der Waals surface area contributed by atoms with Gasteiger partial charge in [0, 0.05) is 11.9 Å². The minimum absolute atomic E-state index is 0.0359. The lowest BCUT2D eigenvalue weighted by Crippen LogP contribution is -2.30. The molecule has 0 radical (unpaired) electrons. The average Bonchev–Trinajstić information content (AvgIpc) is 3.08. The molecular weight excluding hydrogens is 370 g/mol. The molecule has 0 aliphatic heterocycles. The van der Waals surface area contributed by atoms with E-state index in [0.29, 0.717) is 22.1 Å². The molecule has 1 unspecified atom stereocenters. The molecule has 0 aliphatic carbocycles. The second-order valence-electron chi connectivity index (χ2n) is 5.08. The van der Waals surface area contributed by atoms with Gasteiger partial charge in [0.2, 0.25) is 5.28 Å². The molecule has 5 nitrogen and oxygen atoms in total. The molecule has 1 N–H and O–H groups in total. The highest BCUT2D eigenvalue weighted by Crippen LogP contribution is 2.36. The van der Waals surface area contributed by atoms with Gasteiger partial charge in [0.25, 0.3) is 0 Å². The van der Waals surface area contributed by atoms with E-state index in [4.69, 9.17) is 11.6 Å². The van der Waals surface area contributed by atoms with Crippen LogP contribution in [0, 0.1) is 11.6 Å². The van der Waals surface area contributed by atoms with Crippen LogP contribution < -0.4 is 4.90 Å². The van der Waals surface area contributed by atoms with Crippen LogP contribution in [0.1, 0.15) is 13.3 Å². The van der Waals surface area contributed by atoms with Gasteiger partial charge in [0.15, 0.2) is 10.9 Å². The third-order valence-corrected chi connectivity index (χ3v) is 4.60. The molecule has 2 heterocycles. The summed E-state index contributed by atoms with van der Waals surface area (Å²) in [7, 11) is 0. The number of rotatable bonds is 5. The van der Waals surface area contributed by atoms with Crippen molar-refractivity contribution in [1.82, 2.24) is 15.0 Å². The van der Waals surface area contributed by atoms with Gasteiger partial charge in [0.05, 0.1) is 11.1 Å². The summed E-state index contributed by atoms with van der Waals surface area (Å²) in [6, 6.07) is 5.67. The molecule has 1 aromatic carbocycles. The summed E-state index contributed by atoms with van der Waals surface area (Å²) in [5, 5.41) is 10.7. The summed E-state index contributed by atoms with van der Waals surface area (Å²) in [5.74, 6) is -1.00. The Morgan fingerprint density at radius 3 is 2.60 bits per heavy atom. The van der Waals surface area contributed by atoms with Crippen LogP contribution >= 0.6 is 22.9 Å². The van der Waals surface area contributed by atoms with Crippen molar-refractivity contribution in [2.45, 2.75) is 19.6 Å². The first-order chi connectivity index (χ1) is 12.0. The van der Waals surface area contributed by atoms with Crippen molar-refractivity contribution < 1.29 is 13.9 Å². The maximum atomic E-state index is 13.9. The van der Waals surface area contributed by atoms with Crippen LogP contribution in [0.4, 0.5) is 19.6 Å². The summed E-state index contributed by atoms with van der Waals surface area (Å²) in [6.45, 7) is 1.81. The molecule has 0 saturated carbocycles. The van der Waals surface area contributed by atoms with Crippen LogP contribution in [-0.4, -0.2) is 26.3 Å². The number of halogens is 3. The number of hydrogen-bond donors (Lipinski definition) is 1. The molecule has 25 heavy (non-hydrogen) atoms. The summed E-state index contributed by atoms with van der Waals surface area (Å²) in [5.41, 5.74) is 0.603. The quantitative estimate of drug-likeness (QED) is 0.523. The van der Waals surface area contributed by atoms with Crippen LogP contribution in [0.25, 0.3) is 10.6 Å². The Morgan fingerprint density at radius 1 is 1.20 bits per heavy atom. The number of thiazole rings is 1. The fourth-order valence-corrected chi connectivity index (χ4v) is 3.30. The summed E-state index contributed by atoms with van der Waals surface area (Å²) < 4.78 is 27.1. The van der Waals surface area contributed by atoms with Crippen molar-refractivity contribution in [3.8, 4) is 10.6 Å². The lowest BCUT2D eigenvalue weighted by atomic mass is 10.2. The number of aromatic nitrogens is 3. The number of aliphatic hydroxyl groups excluding tert-OH is 1. The van der Waals surface area contributed by atoms with Crippen molar-refractivity contribution in [3.05, 3.63) is 53.6 Å². The van der Waals surface area contributed by atoms with E-state index in [0.717, 1.165) is 17.5 Å². The molecular formula is C16H13ClF2N4OS. The normalized spacial score (nSPS) is 12.2. The highest BCUT2D eigenvalue weighted by Gasteiger charge is 2.22. The fraction of sp³-hybridized carbons (Fsp3) is 0.188. The third kappa shape index (κ3) is 3.76. The average molecular weight is 383 g/mol. The molecule has 0 fully saturated rings. The summed E-state index contributed by atoms with van der Waals surface area (Å²) >= 11 is 6.86. The number of hydrogen-bond acceptors (Lipinski definition) is 6.